The number of nitrogens with zero attached hydrogens (tertiary/aromatic N) is 1. The third-order valence-corrected chi connectivity index (χ3v) is 3.77. The van der Waals surface area contributed by atoms with Crippen molar-refractivity contribution in [2.45, 2.75) is 19.3 Å². The first kappa shape index (κ1) is 16.4. The fourth-order valence-corrected chi connectivity index (χ4v) is 2.51. The molecule has 2 aromatic carbocycles. The second-order valence-corrected chi connectivity index (χ2v) is 5.20. The zero-order valence-electron chi connectivity index (χ0n) is 13.1. The molecular formula is C19H17NO3. The van der Waals surface area contributed by atoms with Gasteiger partial charge in [-0.3, -0.25) is 4.79 Å². The number of Topliss-reactive ketones (excluding diaryl/α,β-unsaturated/α-hetero) is 1. The van der Waals surface area contributed by atoms with E-state index in [9.17, 15) is 9.59 Å². The SMILES string of the molecule is [C-]#[N+]c1ccc(C(=O)C(CC=O)c2ccc(OC)cc2)c(C)c1. The fourth-order valence-electron chi connectivity index (χ4n) is 2.51. The van der Waals surface area contributed by atoms with Crippen LogP contribution in [0.15, 0.2) is 42.5 Å². The molecule has 0 N–H and O–H groups in total. The molecule has 0 spiro atoms. The molecule has 1 unspecified atom stereocenters. The first-order valence-electron chi connectivity index (χ1n) is 7.20. The van der Waals surface area contributed by atoms with Gasteiger partial charge in [-0.2, -0.15) is 0 Å². The van der Waals surface area contributed by atoms with Crippen LogP contribution >= 0.6 is 0 Å². The van der Waals surface area contributed by atoms with E-state index >= 15 is 0 Å². The first-order chi connectivity index (χ1) is 11.1. The highest BCUT2D eigenvalue weighted by Crippen LogP contribution is 2.28. The molecule has 0 saturated carbocycles. The number of carbonyl (C=O) groups excluding carboxylic acids is 2. The van der Waals surface area contributed by atoms with Crippen LogP contribution in [0.4, 0.5) is 5.69 Å². The van der Waals surface area contributed by atoms with E-state index in [1.807, 2.05) is 0 Å². The molecule has 0 aliphatic rings. The van der Waals surface area contributed by atoms with Crippen molar-refractivity contribution in [3.8, 4) is 5.75 Å². The molecule has 116 valence electrons. The molecule has 2 aromatic rings. The van der Waals surface area contributed by atoms with Gasteiger partial charge in [-0.1, -0.05) is 35.9 Å². The molecule has 1 atom stereocenters. The maximum Gasteiger partial charge on any atom is 0.187 e. The number of hydrogen-bond acceptors (Lipinski definition) is 3. The van der Waals surface area contributed by atoms with Gasteiger partial charge in [0.2, 0.25) is 0 Å². The number of rotatable bonds is 6. The van der Waals surface area contributed by atoms with Gasteiger partial charge in [0.25, 0.3) is 0 Å². The van der Waals surface area contributed by atoms with Gasteiger partial charge in [0.1, 0.15) is 12.0 Å². The number of hydrogen-bond donors (Lipinski definition) is 0. The number of ketones is 1. The maximum atomic E-state index is 12.8. The van der Waals surface area contributed by atoms with Crippen LogP contribution < -0.4 is 4.74 Å². The Labute approximate surface area is 135 Å². The molecule has 0 aliphatic carbocycles. The minimum absolute atomic E-state index is 0.115. The molecule has 0 fully saturated rings. The lowest BCUT2D eigenvalue weighted by Crippen LogP contribution is -2.15. The normalized spacial score (nSPS) is 11.3. The zero-order valence-corrected chi connectivity index (χ0v) is 13.1. The van der Waals surface area contributed by atoms with E-state index in [0.717, 1.165) is 17.4 Å². The number of aldehydes is 1. The highest BCUT2D eigenvalue weighted by atomic mass is 16.5. The van der Waals surface area contributed by atoms with Crippen LogP contribution in [0.5, 0.6) is 5.75 Å². The Kier molecular flexibility index (Phi) is 5.27. The van der Waals surface area contributed by atoms with Crippen LogP contribution in [0.2, 0.25) is 0 Å². The van der Waals surface area contributed by atoms with Gasteiger partial charge in [-0.15, -0.1) is 0 Å². The highest BCUT2D eigenvalue weighted by molar-refractivity contribution is 6.03. The molecule has 0 amide bonds. The van der Waals surface area contributed by atoms with Crippen LogP contribution in [-0.2, 0) is 4.79 Å². The number of ether oxygens (including phenoxy) is 1. The zero-order chi connectivity index (χ0) is 16.8. The lowest BCUT2D eigenvalue weighted by atomic mass is 9.87. The van der Waals surface area contributed by atoms with Crippen LogP contribution in [-0.4, -0.2) is 19.2 Å². The van der Waals surface area contributed by atoms with Crippen LogP contribution in [0.1, 0.15) is 33.8 Å². The van der Waals surface area contributed by atoms with Crippen molar-refractivity contribution < 1.29 is 14.3 Å². The molecule has 0 heterocycles. The topological polar surface area (TPSA) is 47.7 Å². The van der Waals surface area contributed by atoms with E-state index in [0.29, 0.717) is 17.0 Å². The van der Waals surface area contributed by atoms with Gasteiger partial charge in [-0.05, 0) is 24.6 Å². The summed E-state index contributed by atoms with van der Waals surface area (Å²) in [5.41, 5.74) is 2.56. The average Bonchev–Trinajstić information content (AvgIpc) is 2.59. The monoisotopic (exact) mass is 307 g/mol. The minimum Gasteiger partial charge on any atom is -0.497 e. The summed E-state index contributed by atoms with van der Waals surface area (Å²) in [5.74, 6) is 0.0517. The van der Waals surface area contributed by atoms with E-state index in [2.05, 4.69) is 4.85 Å². The van der Waals surface area contributed by atoms with Gasteiger partial charge < -0.3 is 9.53 Å². The summed E-state index contributed by atoms with van der Waals surface area (Å²) in [6.45, 7) is 8.82. The van der Waals surface area contributed by atoms with Crippen molar-refractivity contribution >= 4 is 17.8 Å². The Bertz CT molecular complexity index is 757. The molecule has 4 heteroatoms. The lowest BCUT2D eigenvalue weighted by molar-refractivity contribution is -0.108. The first-order valence-corrected chi connectivity index (χ1v) is 7.20. The molecular weight excluding hydrogens is 290 g/mol. The quantitative estimate of drug-likeness (QED) is 0.458. The number of aryl methyl sites for hydroxylation is 1. The Morgan fingerprint density at radius 1 is 1.26 bits per heavy atom. The van der Waals surface area contributed by atoms with Crippen LogP contribution in [0.25, 0.3) is 4.85 Å². The minimum atomic E-state index is -0.532. The summed E-state index contributed by atoms with van der Waals surface area (Å²) in [5, 5.41) is 0. The summed E-state index contributed by atoms with van der Waals surface area (Å²) in [6.07, 6.45) is 0.880. The third kappa shape index (κ3) is 3.64. The summed E-state index contributed by atoms with van der Waals surface area (Å²) in [7, 11) is 1.57. The molecule has 2 rings (SSSR count). The van der Waals surface area contributed by atoms with E-state index in [-0.39, 0.29) is 12.2 Å². The molecule has 23 heavy (non-hydrogen) atoms. The largest absolute Gasteiger partial charge is 0.497 e. The van der Waals surface area contributed by atoms with Crippen molar-refractivity contribution in [2.75, 3.05) is 7.11 Å². The standard InChI is InChI=1S/C19H17NO3/c1-13-12-15(20-2)6-9-17(13)19(22)18(10-11-21)14-4-7-16(23-3)8-5-14/h4-9,11-12,18H,10H2,1,3H3. The second-order valence-electron chi connectivity index (χ2n) is 5.20. The number of carbonyl (C=O) groups is 2. The number of benzene rings is 2. The lowest BCUT2D eigenvalue weighted by Gasteiger charge is -2.16. The Hall–Kier alpha value is -2.93. The van der Waals surface area contributed by atoms with Crippen molar-refractivity contribution in [1.29, 1.82) is 0 Å². The summed E-state index contributed by atoms with van der Waals surface area (Å²) in [4.78, 5) is 27.2. The van der Waals surface area contributed by atoms with Crippen molar-refractivity contribution in [3.05, 3.63) is 70.6 Å². The summed E-state index contributed by atoms with van der Waals surface area (Å²) < 4.78 is 5.12. The van der Waals surface area contributed by atoms with Gasteiger partial charge in [0.05, 0.1) is 19.6 Å². The van der Waals surface area contributed by atoms with E-state index in [4.69, 9.17) is 11.3 Å². The van der Waals surface area contributed by atoms with E-state index < -0.39 is 5.92 Å². The molecule has 0 saturated heterocycles. The van der Waals surface area contributed by atoms with Crippen LogP contribution in [0, 0.1) is 13.5 Å². The third-order valence-electron chi connectivity index (χ3n) is 3.77. The van der Waals surface area contributed by atoms with E-state index in [1.54, 1.807) is 56.5 Å². The molecule has 0 aliphatic heterocycles. The molecule has 0 bridgehead atoms. The maximum absolute atomic E-state index is 12.8. The predicted molar refractivity (Wildman–Crippen MR) is 88.2 cm³/mol. The van der Waals surface area contributed by atoms with Gasteiger partial charge >= 0.3 is 0 Å². The van der Waals surface area contributed by atoms with Crippen LogP contribution in [0.3, 0.4) is 0 Å². The highest BCUT2D eigenvalue weighted by Gasteiger charge is 2.23. The Morgan fingerprint density at radius 3 is 2.48 bits per heavy atom. The summed E-state index contributed by atoms with van der Waals surface area (Å²) in [6, 6.07) is 12.1. The van der Waals surface area contributed by atoms with Gasteiger partial charge in [0, 0.05) is 12.0 Å². The van der Waals surface area contributed by atoms with Gasteiger partial charge in [0.15, 0.2) is 11.5 Å². The summed E-state index contributed by atoms with van der Waals surface area (Å²) >= 11 is 0. The average molecular weight is 307 g/mol. The molecule has 4 nitrogen and oxygen atoms in total. The van der Waals surface area contributed by atoms with Gasteiger partial charge in [-0.25, -0.2) is 4.85 Å². The Balaban J connectivity index is 2.38. The van der Waals surface area contributed by atoms with Crippen molar-refractivity contribution in [1.82, 2.24) is 0 Å². The van der Waals surface area contributed by atoms with Crippen molar-refractivity contribution in [3.63, 3.8) is 0 Å². The molecule has 0 radical (unpaired) electrons. The van der Waals surface area contributed by atoms with E-state index in [1.165, 1.54) is 0 Å². The van der Waals surface area contributed by atoms with Crippen molar-refractivity contribution in [2.24, 2.45) is 0 Å². The predicted octanol–water partition coefficient (Wildman–Crippen LogP) is 4.11. The number of methoxy groups -OCH3 is 1. The smallest absolute Gasteiger partial charge is 0.187 e. The molecule has 0 aromatic heterocycles. The Morgan fingerprint density at radius 2 is 1.96 bits per heavy atom. The fraction of sp³-hybridized carbons (Fsp3) is 0.211. The second kappa shape index (κ2) is 7.37.